The topological polar surface area (TPSA) is 81.7 Å². The molecule has 1 unspecified atom stereocenters. The largest absolute Gasteiger partial charge is 0.486 e. The predicted octanol–water partition coefficient (Wildman–Crippen LogP) is 2.07. The summed E-state index contributed by atoms with van der Waals surface area (Å²) in [6.45, 7) is 5.59. The van der Waals surface area contributed by atoms with Crippen molar-refractivity contribution in [1.29, 1.82) is 0 Å². The third kappa shape index (κ3) is 3.15. The molecule has 1 atom stereocenters. The van der Waals surface area contributed by atoms with Crippen LogP contribution in [-0.2, 0) is 21.0 Å². The van der Waals surface area contributed by atoms with Crippen LogP contribution in [0.25, 0.3) is 0 Å². The van der Waals surface area contributed by atoms with Crippen molar-refractivity contribution < 1.29 is 22.7 Å². The van der Waals surface area contributed by atoms with E-state index in [-0.39, 0.29) is 11.8 Å². The number of carbonyl (C=O) groups is 1. The average Bonchev–Trinajstić information content (AvgIpc) is 3.35. The Bertz CT molecular complexity index is 796. The summed E-state index contributed by atoms with van der Waals surface area (Å²) in [7, 11) is -1.83. The molecule has 0 bridgehead atoms. The zero-order valence-electron chi connectivity index (χ0n) is 15.1. The van der Waals surface area contributed by atoms with E-state index in [0.29, 0.717) is 24.8 Å². The Morgan fingerprint density at radius 2 is 2.04 bits per heavy atom. The maximum Gasteiger partial charge on any atom is 0.337 e. The molecule has 1 N–H and O–H groups in total. The lowest BCUT2D eigenvalue weighted by molar-refractivity contribution is 0.0455. The minimum Gasteiger partial charge on any atom is -0.486 e. The standard InChI is InChI=1S/C18H25NO5S/c1-5-25(21,22)18(8-9-18)19-15-11-13-10-12(16(20)23-4)6-7-14(13)24-17(15,2)3/h6-7,10,15,19H,5,8-9,11H2,1-4H3. The first-order valence-corrected chi connectivity index (χ1v) is 10.2. The second kappa shape index (κ2) is 5.99. The monoisotopic (exact) mass is 367 g/mol. The van der Waals surface area contributed by atoms with Gasteiger partial charge in [0.1, 0.15) is 16.2 Å². The Morgan fingerprint density at radius 1 is 1.36 bits per heavy atom. The van der Waals surface area contributed by atoms with E-state index in [1.54, 1.807) is 25.1 Å². The van der Waals surface area contributed by atoms with Crippen molar-refractivity contribution in [3.63, 3.8) is 0 Å². The molecule has 0 spiro atoms. The smallest absolute Gasteiger partial charge is 0.337 e. The summed E-state index contributed by atoms with van der Waals surface area (Å²) in [5.41, 5.74) is 0.786. The first kappa shape index (κ1) is 18.2. The molecule has 1 fully saturated rings. The van der Waals surface area contributed by atoms with Crippen LogP contribution in [0.15, 0.2) is 18.2 Å². The summed E-state index contributed by atoms with van der Waals surface area (Å²) in [6.07, 6.45) is 1.85. The lowest BCUT2D eigenvalue weighted by Gasteiger charge is -2.42. The van der Waals surface area contributed by atoms with Gasteiger partial charge >= 0.3 is 5.97 Å². The summed E-state index contributed by atoms with van der Waals surface area (Å²) in [6, 6.07) is 5.05. The fourth-order valence-electron chi connectivity index (χ4n) is 3.38. The van der Waals surface area contributed by atoms with E-state index in [0.717, 1.165) is 11.3 Å². The molecule has 0 aromatic heterocycles. The van der Waals surface area contributed by atoms with Crippen molar-refractivity contribution in [3.05, 3.63) is 29.3 Å². The third-order valence-electron chi connectivity index (χ3n) is 5.23. The second-order valence-electron chi connectivity index (χ2n) is 7.32. The molecule has 7 heteroatoms. The number of esters is 1. The maximum absolute atomic E-state index is 12.4. The van der Waals surface area contributed by atoms with Gasteiger partial charge in [0, 0.05) is 5.75 Å². The van der Waals surface area contributed by atoms with E-state index < -0.39 is 26.3 Å². The fraction of sp³-hybridized carbons (Fsp3) is 0.611. The van der Waals surface area contributed by atoms with Gasteiger partial charge in [-0.1, -0.05) is 6.92 Å². The molecule has 0 amide bonds. The zero-order valence-corrected chi connectivity index (χ0v) is 15.9. The molecule has 1 aromatic carbocycles. The van der Waals surface area contributed by atoms with E-state index in [9.17, 15) is 13.2 Å². The Kier molecular flexibility index (Phi) is 4.36. The van der Waals surface area contributed by atoms with Crippen LogP contribution in [0.5, 0.6) is 5.75 Å². The lowest BCUT2D eigenvalue weighted by Crippen LogP contribution is -2.59. The highest BCUT2D eigenvalue weighted by Crippen LogP contribution is 2.44. The number of nitrogens with one attached hydrogen (secondary N) is 1. The van der Waals surface area contributed by atoms with Gasteiger partial charge in [0.2, 0.25) is 0 Å². The second-order valence-corrected chi connectivity index (χ2v) is 9.91. The van der Waals surface area contributed by atoms with Gasteiger partial charge in [0.05, 0.1) is 18.7 Å². The van der Waals surface area contributed by atoms with Crippen molar-refractivity contribution in [2.75, 3.05) is 12.9 Å². The van der Waals surface area contributed by atoms with Crippen LogP contribution < -0.4 is 10.1 Å². The molecule has 1 aliphatic carbocycles. The molecule has 1 saturated carbocycles. The van der Waals surface area contributed by atoms with Crippen molar-refractivity contribution in [3.8, 4) is 5.75 Å². The average molecular weight is 367 g/mol. The van der Waals surface area contributed by atoms with E-state index in [2.05, 4.69) is 5.32 Å². The van der Waals surface area contributed by atoms with Gasteiger partial charge in [-0.25, -0.2) is 13.2 Å². The molecule has 1 aliphatic heterocycles. The van der Waals surface area contributed by atoms with Crippen molar-refractivity contribution >= 4 is 15.8 Å². The quantitative estimate of drug-likeness (QED) is 0.803. The first-order chi connectivity index (χ1) is 11.6. The van der Waals surface area contributed by atoms with Gasteiger partial charge in [0.25, 0.3) is 0 Å². The van der Waals surface area contributed by atoms with E-state index in [4.69, 9.17) is 9.47 Å². The third-order valence-corrected chi connectivity index (χ3v) is 7.71. The molecular formula is C18H25NO5S. The van der Waals surface area contributed by atoms with E-state index in [1.165, 1.54) is 7.11 Å². The summed E-state index contributed by atoms with van der Waals surface area (Å²) in [5.74, 6) is 0.445. The summed E-state index contributed by atoms with van der Waals surface area (Å²) >= 11 is 0. The molecule has 138 valence electrons. The molecule has 1 heterocycles. The number of carbonyl (C=O) groups excluding carboxylic acids is 1. The van der Waals surface area contributed by atoms with Gasteiger partial charge in [-0.05, 0) is 56.9 Å². The van der Waals surface area contributed by atoms with Crippen molar-refractivity contribution in [1.82, 2.24) is 5.32 Å². The lowest BCUT2D eigenvalue weighted by atomic mass is 9.88. The van der Waals surface area contributed by atoms with Crippen molar-refractivity contribution in [2.45, 2.75) is 56.5 Å². The van der Waals surface area contributed by atoms with Gasteiger partial charge in [0.15, 0.2) is 9.84 Å². The molecule has 0 saturated heterocycles. The minimum atomic E-state index is -3.18. The molecule has 3 rings (SSSR count). The van der Waals surface area contributed by atoms with Crippen LogP contribution in [0.3, 0.4) is 0 Å². The number of benzene rings is 1. The van der Waals surface area contributed by atoms with Crippen LogP contribution in [0.1, 0.15) is 49.5 Å². The number of rotatable bonds is 5. The molecule has 6 nitrogen and oxygen atoms in total. The summed E-state index contributed by atoms with van der Waals surface area (Å²) < 4.78 is 35.7. The van der Waals surface area contributed by atoms with Gasteiger partial charge < -0.3 is 9.47 Å². The Morgan fingerprint density at radius 3 is 2.60 bits per heavy atom. The number of ether oxygens (including phenoxy) is 2. The van der Waals surface area contributed by atoms with Gasteiger partial charge in [-0.3, -0.25) is 5.32 Å². The van der Waals surface area contributed by atoms with Crippen LogP contribution in [0, 0.1) is 0 Å². The number of hydrogen-bond donors (Lipinski definition) is 1. The number of methoxy groups -OCH3 is 1. The number of hydrogen-bond acceptors (Lipinski definition) is 6. The molecular weight excluding hydrogens is 342 g/mol. The van der Waals surface area contributed by atoms with Gasteiger partial charge in [-0.2, -0.15) is 0 Å². The summed E-state index contributed by atoms with van der Waals surface area (Å²) in [4.78, 5) is 10.9. The Hall–Kier alpha value is -1.60. The predicted molar refractivity (Wildman–Crippen MR) is 94.5 cm³/mol. The molecule has 1 aromatic rings. The Labute approximate surface area is 148 Å². The van der Waals surface area contributed by atoms with Crippen LogP contribution in [0.4, 0.5) is 0 Å². The van der Waals surface area contributed by atoms with E-state index in [1.807, 2.05) is 13.8 Å². The fourth-order valence-corrected chi connectivity index (χ4v) is 4.98. The van der Waals surface area contributed by atoms with Crippen LogP contribution in [-0.4, -0.2) is 43.8 Å². The highest BCUT2D eigenvalue weighted by Gasteiger charge is 2.56. The highest BCUT2D eigenvalue weighted by atomic mass is 32.2. The molecule has 25 heavy (non-hydrogen) atoms. The maximum atomic E-state index is 12.4. The number of sulfone groups is 1. The summed E-state index contributed by atoms with van der Waals surface area (Å²) in [5, 5.41) is 3.36. The minimum absolute atomic E-state index is 0.122. The van der Waals surface area contributed by atoms with Crippen LogP contribution >= 0.6 is 0 Å². The SMILES string of the molecule is CCS(=O)(=O)C1(NC2Cc3cc(C(=O)OC)ccc3OC2(C)C)CC1. The van der Waals surface area contributed by atoms with E-state index >= 15 is 0 Å². The molecule has 0 radical (unpaired) electrons. The van der Waals surface area contributed by atoms with Gasteiger partial charge in [-0.15, -0.1) is 0 Å². The first-order valence-electron chi connectivity index (χ1n) is 8.54. The Balaban J connectivity index is 1.89. The highest BCUT2D eigenvalue weighted by molar-refractivity contribution is 7.93. The van der Waals surface area contributed by atoms with Crippen LogP contribution in [0.2, 0.25) is 0 Å². The number of fused-ring (bicyclic) bond motifs is 1. The normalized spacial score (nSPS) is 23.3. The van der Waals surface area contributed by atoms with Crippen molar-refractivity contribution in [2.24, 2.45) is 0 Å². The zero-order chi connectivity index (χ0) is 18.5. The molecule has 2 aliphatic rings.